The number of hydrogen-bond donors (Lipinski definition) is 2. The minimum absolute atomic E-state index is 0.140. The van der Waals surface area contributed by atoms with Gasteiger partial charge in [0.2, 0.25) is 0 Å². The van der Waals surface area contributed by atoms with Crippen LogP contribution in [0.4, 0.5) is 17.6 Å². The largest absolute Gasteiger partial charge is 0.476 e. The van der Waals surface area contributed by atoms with Crippen molar-refractivity contribution in [3.8, 4) is 11.1 Å². The van der Waals surface area contributed by atoms with Crippen LogP contribution in [0.15, 0.2) is 54.0 Å². The van der Waals surface area contributed by atoms with Crippen molar-refractivity contribution in [2.24, 2.45) is 5.92 Å². The minimum Gasteiger partial charge on any atom is -0.476 e. The summed E-state index contributed by atoms with van der Waals surface area (Å²) in [6.45, 7) is 4.50. The van der Waals surface area contributed by atoms with E-state index in [0.29, 0.717) is 18.8 Å². The molecule has 5 rings (SSSR count). The van der Waals surface area contributed by atoms with Crippen molar-refractivity contribution in [1.29, 1.82) is 0 Å². The van der Waals surface area contributed by atoms with Crippen molar-refractivity contribution in [3.05, 3.63) is 81.7 Å². The number of halogens is 4. The second-order valence-electron chi connectivity index (χ2n) is 11.8. The molecular formula is C35H43F4N3O2S. The molecule has 0 aliphatic heterocycles. The summed E-state index contributed by atoms with van der Waals surface area (Å²) in [5.74, 6) is -1.47. The zero-order valence-electron chi connectivity index (χ0n) is 25.8. The number of nitrogens with one attached hydrogen (secondary N) is 1. The minimum atomic E-state index is -4.74. The highest BCUT2D eigenvalue weighted by Crippen LogP contribution is 2.38. The number of hydrogen-bond acceptors (Lipinski definition) is 4. The number of rotatable bonds is 16. The van der Waals surface area contributed by atoms with Crippen LogP contribution in [0, 0.1) is 11.7 Å². The van der Waals surface area contributed by atoms with Crippen LogP contribution in [0.25, 0.3) is 16.8 Å². The number of unbranched alkanes of at least 4 members (excludes halogenated alkanes) is 7. The van der Waals surface area contributed by atoms with Crippen molar-refractivity contribution in [2.45, 2.75) is 96.7 Å². The van der Waals surface area contributed by atoms with Crippen molar-refractivity contribution >= 4 is 23.0 Å². The Bertz CT molecular complexity index is 1500. The number of aromatic nitrogens is 2. The summed E-state index contributed by atoms with van der Waals surface area (Å²) in [6, 6.07) is 10.5. The van der Waals surface area contributed by atoms with E-state index in [0.717, 1.165) is 31.5 Å². The third-order valence-corrected chi connectivity index (χ3v) is 8.93. The molecule has 0 unspecified atom stereocenters. The van der Waals surface area contributed by atoms with Crippen molar-refractivity contribution < 1.29 is 27.5 Å². The van der Waals surface area contributed by atoms with Gasteiger partial charge in [-0.3, -0.25) is 0 Å². The SMILES string of the molecule is CCCCCCCCCCNCc1cccs1.O=C(O)c1nc2c(C(F)(F)F)cc(-c3cccc(F)c3)cn2c1CCC1CC1. The Balaban J connectivity index is 0.000000233. The molecule has 3 heterocycles. The number of thiophene rings is 1. The fourth-order valence-corrected chi connectivity index (χ4v) is 6.07. The Morgan fingerprint density at radius 3 is 2.38 bits per heavy atom. The van der Waals surface area contributed by atoms with Gasteiger partial charge in [-0.05, 0) is 72.5 Å². The van der Waals surface area contributed by atoms with Gasteiger partial charge in [0.1, 0.15) is 11.5 Å². The van der Waals surface area contributed by atoms with Gasteiger partial charge in [0.25, 0.3) is 0 Å². The maximum atomic E-state index is 13.7. The molecule has 1 saturated carbocycles. The molecule has 0 atom stereocenters. The molecule has 0 amide bonds. The van der Waals surface area contributed by atoms with E-state index in [-0.39, 0.29) is 22.5 Å². The molecule has 244 valence electrons. The van der Waals surface area contributed by atoms with E-state index in [4.69, 9.17) is 0 Å². The first kappa shape index (κ1) is 34.6. The van der Waals surface area contributed by atoms with Gasteiger partial charge in [-0.15, -0.1) is 11.3 Å². The Hall–Kier alpha value is -3.24. The molecule has 0 spiro atoms. The van der Waals surface area contributed by atoms with E-state index in [9.17, 15) is 27.5 Å². The predicted molar refractivity (Wildman–Crippen MR) is 172 cm³/mol. The second-order valence-corrected chi connectivity index (χ2v) is 12.8. The van der Waals surface area contributed by atoms with Gasteiger partial charge in [0.05, 0.1) is 11.3 Å². The zero-order chi connectivity index (χ0) is 32.2. The first-order valence-electron chi connectivity index (χ1n) is 16.0. The average Bonchev–Trinajstić information content (AvgIpc) is 3.54. The predicted octanol–water partition coefficient (Wildman–Crippen LogP) is 10.2. The number of aryl methyl sites for hydroxylation is 1. The van der Waals surface area contributed by atoms with Crippen molar-refractivity contribution in [3.63, 3.8) is 0 Å². The number of aromatic carboxylic acids is 1. The summed E-state index contributed by atoms with van der Waals surface area (Å²) in [5, 5.41) is 15.1. The number of nitrogens with zero attached hydrogens (tertiary/aromatic N) is 2. The summed E-state index contributed by atoms with van der Waals surface area (Å²) in [6.07, 6.45) is 11.0. The van der Waals surface area contributed by atoms with Gasteiger partial charge in [0.15, 0.2) is 5.69 Å². The smallest absolute Gasteiger partial charge is 0.420 e. The molecule has 4 aromatic rings. The number of carbonyl (C=O) groups is 1. The number of carboxylic acids is 1. The summed E-state index contributed by atoms with van der Waals surface area (Å²) in [4.78, 5) is 16.9. The topological polar surface area (TPSA) is 66.6 Å². The highest BCUT2D eigenvalue weighted by Gasteiger charge is 2.36. The maximum absolute atomic E-state index is 13.7. The van der Waals surface area contributed by atoms with Gasteiger partial charge in [-0.25, -0.2) is 14.2 Å². The molecule has 1 aliphatic carbocycles. The first-order chi connectivity index (χ1) is 21.7. The third kappa shape index (κ3) is 10.7. The zero-order valence-corrected chi connectivity index (χ0v) is 26.7. The third-order valence-electron chi connectivity index (χ3n) is 8.06. The van der Waals surface area contributed by atoms with Crippen molar-refractivity contribution in [2.75, 3.05) is 6.54 Å². The first-order valence-corrected chi connectivity index (χ1v) is 16.9. The maximum Gasteiger partial charge on any atom is 0.420 e. The molecule has 45 heavy (non-hydrogen) atoms. The molecule has 3 aromatic heterocycles. The summed E-state index contributed by atoms with van der Waals surface area (Å²) in [7, 11) is 0. The normalized spacial score (nSPS) is 13.2. The second kappa shape index (κ2) is 16.9. The van der Waals surface area contributed by atoms with Crippen LogP contribution >= 0.6 is 11.3 Å². The molecule has 2 N–H and O–H groups in total. The molecule has 5 nitrogen and oxygen atoms in total. The summed E-state index contributed by atoms with van der Waals surface area (Å²) in [5.41, 5.74) is -1.22. The van der Waals surface area contributed by atoms with E-state index in [1.54, 1.807) is 0 Å². The van der Waals surface area contributed by atoms with Gasteiger partial charge >= 0.3 is 12.1 Å². The highest BCUT2D eigenvalue weighted by atomic mass is 32.1. The van der Waals surface area contributed by atoms with Crippen LogP contribution in [0.1, 0.15) is 104 Å². The highest BCUT2D eigenvalue weighted by molar-refractivity contribution is 7.09. The molecule has 1 aromatic carbocycles. The lowest BCUT2D eigenvalue weighted by Crippen LogP contribution is -2.13. The standard InChI is InChI=1S/C20H16F4N2O2.C15H27NS/c21-14-3-1-2-12(8-14)13-9-15(20(22,23)24)18-25-17(19(27)28)16(26(18)10-13)7-6-11-4-5-11;1-2-3-4-5-6-7-8-9-12-16-14-15-11-10-13-17-15/h1-3,8-11H,4-7H2,(H,27,28);10-11,13,16H,2-9,12,14H2,1H3. The number of fused-ring (bicyclic) bond motifs is 1. The molecule has 0 saturated heterocycles. The number of imidazole rings is 1. The monoisotopic (exact) mass is 645 g/mol. The Kier molecular flexibility index (Phi) is 13.0. The van der Waals surface area contributed by atoms with E-state index in [1.165, 1.54) is 91.6 Å². The lowest BCUT2D eigenvalue weighted by Gasteiger charge is -2.13. The Morgan fingerprint density at radius 2 is 1.76 bits per heavy atom. The molecule has 1 aliphatic rings. The van der Waals surface area contributed by atoms with E-state index >= 15 is 0 Å². The fourth-order valence-electron chi connectivity index (χ4n) is 5.39. The van der Waals surface area contributed by atoms with Crippen LogP contribution in [-0.2, 0) is 19.1 Å². The van der Waals surface area contributed by atoms with Gasteiger partial charge in [-0.1, -0.05) is 82.9 Å². The van der Waals surface area contributed by atoms with Crippen LogP contribution in [0.5, 0.6) is 0 Å². The Labute approximate surface area is 266 Å². The molecule has 0 bridgehead atoms. The number of carboxylic acid groups (broad SMARTS) is 1. The van der Waals surface area contributed by atoms with Gasteiger partial charge < -0.3 is 14.8 Å². The van der Waals surface area contributed by atoms with E-state index in [1.807, 2.05) is 11.3 Å². The Morgan fingerprint density at radius 1 is 1.02 bits per heavy atom. The lowest BCUT2D eigenvalue weighted by molar-refractivity contribution is -0.136. The van der Waals surface area contributed by atoms with E-state index in [2.05, 4.69) is 34.7 Å². The van der Waals surface area contributed by atoms with Crippen LogP contribution < -0.4 is 5.32 Å². The molecule has 10 heteroatoms. The van der Waals surface area contributed by atoms with Gasteiger partial charge in [-0.2, -0.15) is 13.2 Å². The average molecular weight is 646 g/mol. The number of pyridine rings is 1. The molecular weight excluding hydrogens is 602 g/mol. The van der Waals surface area contributed by atoms with Crippen molar-refractivity contribution in [1.82, 2.24) is 14.7 Å². The van der Waals surface area contributed by atoms with E-state index < -0.39 is 29.2 Å². The molecule has 1 fully saturated rings. The lowest BCUT2D eigenvalue weighted by atomic mass is 10.0. The van der Waals surface area contributed by atoms with Crippen LogP contribution in [0.2, 0.25) is 0 Å². The van der Waals surface area contributed by atoms with Crippen LogP contribution in [0.3, 0.4) is 0 Å². The van der Waals surface area contributed by atoms with Crippen LogP contribution in [-0.4, -0.2) is 27.0 Å². The number of alkyl halides is 3. The summed E-state index contributed by atoms with van der Waals surface area (Å²) < 4.78 is 55.8. The number of benzene rings is 1. The summed E-state index contributed by atoms with van der Waals surface area (Å²) >= 11 is 1.84. The quantitative estimate of drug-likeness (QED) is 0.0940. The molecule has 0 radical (unpaired) electrons. The van der Waals surface area contributed by atoms with Gasteiger partial charge in [0, 0.05) is 17.6 Å². The fraction of sp³-hybridized carbons (Fsp3) is 0.486.